The van der Waals surface area contributed by atoms with Crippen molar-refractivity contribution in [3.63, 3.8) is 0 Å². The molecule has 1 fully saturated rings. The van der Waals surface area contributed by atoms with E-state index in [0.717, 1.165) is 0 Å². The Balaban J connectivity index is 2.18. The summed E-state index contributed by atoms with van der Waals surface area (Å²) in [4.78, 5) is 14.7. The van der Waals surface area contributed by atoms with E-state index in [4.69, 9.17) is 4.74 Å². The quantitative estimate of drug-likeness (QED) is 0.872. The zero-order chi connectivity index (χ0) is 16.3. The molecule has 1 saturated heterocycles. The molecule has 4 nitrogen and oxygen atoms in total. The summed E-state index contributed by atoms with van der Waals surface area (Å²) in [5.74, 6) is -0.242. The van der Waals surface area contributed by atoms with Crippen LogP contribution in [0.2, 0.25) is 0 Å². The smallest absolute Gasteiger partial charge is 0.323 e. The first kappa shape index (κ1) is 17.0. The molecule has 1 N–H and O–H groups in total. The fourth-order valence-corrected chi connectivity index (χ4v) is 2.95. The molecule has 0 saturated carbocycles. The molecule has 0 aliphatic carbocycles. The Bertz CT molecular complexity index is 495. The number of aliphatic hydroxyl groups excluding tert-OH is 1. The second-order valence-electron chi connectivity index (χ2n) is 7.05. The Labute approximate surface area is 133 Å². The fraction of sp³-hybridized carbons (Fsp3) is 0.611. The van der Waals surface area contributed by atoms with E-state index in [1.54, 1.807) is 0 Å². The molecule has 122 valence electrons. The van der Waals surface area contributed by atoms with Crippen molar-refractivity contribution < 1.29 is 14.6 Å². The van der Waals surface area contributed by atoms with Crippen LogP contribution in [0.1, 0.15) is 52.1 Å². The van der Waals surface area contributed by atoms with Gasteiger partial charge in [-0.1, -0.05) is 30.3 Å². The molecule has 0 unspecified atom stereocenters. The van der Waals surface area contributed by atoms with Crippen molar-refractivity contribution in [3.8, 4) is 0 Å². The number of hydrogen-bond acceptors (Lipinski definition) is 4. The summed E-state index contributed by atoms with van der Waals surface area (Å²) in [6.45, 7) is 8.41. The number of piperidine rings is 1. The molecule has 0 spiro atoms. The van der Waals surface area contributed by atoms with Crippen LogP contribution in [0, 0.1) is 0 Å². The molecule has 4 heteroatoms. The third kappa shape index (κ3) is 4.31. The summed E-state index contributed by atoms with van der Waals surface area (Å²) in [5, 5.41) is 9.96. The van der Waals surface area contributed by atoms with Gasteiger partial charge < -0.3 is 9.84 Å². The average molecular weight is 305 g/mol. The van der Waals surface area contributed by atoms with Crippen molar-refractivity contribution in [3.05, 3.63) is 35.9 Å². The van der Waals surface area contributed by atoms with Crippen LogP contribution >= 0.6 is 0 Å². The van der Waals surface area contributed by atoms with Gasteiger partial charge in [0.15, 0.2) is 0 Å². The van der Waals surface area contributed by atoms with Gasteiger partial charge in [0.25, 0.3) is 0 Å². The Morgan fingerprint density at radius 3 is 2.55 bits per heavy atom. The highest BCUT2D eigenvalue weighted by Crippen LogP contribution is 2.30. The predicted molar refractivity (Wildman–Crippen MR) is 86.4 cm³/mol. The molecule has 22 heavy (non-hydrogen) atoms. The van der Waals surface area contributed by atoms with Crippen LogP contribution < -0.4 is 0 Å². The lowest BCUT2D eigenvalue weighted by molar-refractivity contribution is -0.166. The maximum Gasteiger partial charge on any atom is 0.323 e. The number of nitrogens with zero attached hydrogens (tertiary/aromatic N) is 1. The van der Waals surface area contributed by atoms with Crippen LogP contribution in [0.4, 0.5) is 0 Å². The molecule has 0 bridgehead atoms. The largest absolute Gasteiger partial charge is 0.459 e. The van der Waals surface area contributed by atoms with Crippen molar-refractivity contribution in [2.45, 2.75) is 64.3 Å². The van der Waals surface area contributed by atoms with E-state index in [-0.39, 0.29) is 12.0 Å². The number of benzene rings is 1. The molecule has 1 heterocycles. The highest BCUT2D eigenvalue weighted by atomic mass is 16.6. The molecule has 2 rings (SSSR count). The molecule has 0 aromatic heterocycles. The summed E-state index contributed by atoms with van der Waals surface area (Å²) < 4.78 is 5.55. The van der Waals surface area contributed by atoms with Gasteiger partial charge in [-0.2, -0.15) is 0 Å². The molecule has 3 atom stereocenters. The minimum Gasteiger partial charge on any atom is -0.459 e. The molecule has 1 aliphatic heterocycles. The highest BCUT2D eigenvalue weighted by Gasteiger charge is 2.38. The molecular weight excluding hydrogens is 278 g/mol. The van der Waals surface area contributed by atoms with Gasteiger partial charge >= 0.3 is 5.97 Å². The van der Waals surface area contributed by atoms with E-state index >= 15 is 0 Å². The number of carbonyl (C=O) groups is 1. The SMILES string of the molecule is C[C@@H](c1ccccc1)N1CC[C@H](O)C[C@@H]1C(=O)OC(C)(C)C. The van der Waals surface area contributed by atoms with E-state index < -0.39 is 17.7 Å². The number of ether oxygens (including phenoxy) is 1. The summed E-state index contributed by atoms with van der Waals surface area (Å²) in [7, 11) is 0. The van der Waals surface area contributed by atoms with E-state index in [0.29, 0.717) is 19.4 Å². The zero-order valence-electron chi connectivity index (χ0n) is 14.0. The normalized spacial score (nSPS) is 24.8. The standard InChI is InChI=1S/C18H27NO3/c1-13(14-8-6-5-7-9-14)19-11-10-15(20)12-16(19)17(21)22-18(2,3)4/h5-9,13,15-16,20H,10-12H2,1-4H3/t13-,15-,16+/m0/s1. The average Bonchev–Trinajstić information content (AvgIpc) is 2.45. The first-order valence-electron chi connectivity index (χ1n) is 7.99. The third-order valence-electron chi connectivity index (χ3n) is 4.07. The van der Waals surface area contributed by atoms with Gasteiger partial charge in [0, 0.05) is 12.6 Å². The zero-order valence-corrected chi connectivity index (χ0v) is 14.0. The van der Waals surface area contributed by atoms with Crippen LogP contribution in [0.25, 0.3) is 0 Å². The van der Waals surface area contributed by atoms with Crippen molar-refractivity contribution >= 4 is 5.97 Å². The van der Waals surface area contributed by atoms with E-state index in [2.05, 4.69) is 24.0 Å². The van der Waals surface area contributed by atoms with Crippen LogP contribution in [0.5, 0.6) is 0 Å². The maximum atomic E-state index is 12.5. The van der Waals surface area contributed by atoms with E-state index in [1.807, 2.05) is 39.0 Å². The number of aliphatic hydroxyl groups is 1. The lowest BCUT2D eigenvalue weighted by Crippen LogP contribution is -2.51. The van der Waals surface area contributed by atoms with E-state index in [9.17, 15) is 9.90 Å². The van der Waals surface area contributed by atoms with Crippen LogP contribution in [0.15, 0.2) is 30.3 Å². The molecule has 1 aliphatic rings. The Hall–Kier alpha value is -1.39. The monoisotopic (exact) mass is 305 g/mol. The minimum atomic E-state index is -0.513. The van der Waals surface area contributed by atoms with Gasteiger partial charge in [-0.15, -0.1) is 0 Å². The van der Waals surface area contributed by atoms with Gasteiger partial charge in [-0.05, 0) is 46.1 Å². The van der Waals surface area contributed by atoms with Crippen LogP contribution in [-0.4, -0.2) is 40.3 Å². The molecular formula is C18H27NO3. The van der Waals surface area contributed by atoms with Crippen molar-refractivity contribution in [1.82, 2.24) is 4.90 Å². The fourth-order valence-electron chi connectivity index (χ4n) is 2.95. The number of carbonyl (C=O) groups excluding carboxylic acids is 1. The highest BCUT2D eigenvalue weighted by molar-refractivity contribution is 5.76. The molecule has 1 aromatic rings. The first-order chi connectivity index (χ1) is 10.3. The van der Waals surface area contributed by atoms with Crippen LogP contribution in [-0.2, 0) is 9.53 Å². The Morgan fingerprint density at radius 2 is 1.95 bits per heavy atom. The van der Waals surface area contributed by atoms with Crippen molar-refractivity contribution in [1.29, 1.82) is 0 Å². The molecule has 0 radical (unpaired) electrons. The number of esters is 1. The summed E-state index contributed by atoms with van der Waals surface area (Å²) in [6, 6.07) is 9.87. The van der Waals surface area contributed by atoms with Crippen LogP contribution in [0.3, 0.4) is 0 Å². The second kappa shape index (κ2) is 6.80. The van der Waals surface area contributed by atoms with Gasteiger partial charge in [0.2, 0.25) is 0 Å². The van der Waals surface area contributed by atoms with Crippen molar-refractivity contribution in [2.24, 2.45) is 0 Å². The lowest BCUT2D eigenvalue weighted by atomic mass is 9.95. The summed E-state index contributed by atoms with van der Waals surface area (Å²) in [5.41, 5.74) is 0.661. The van der Waals surface area contributed by atoms with Gasteiger partial charge in [0.1, 0.15) is 11.6 Å². The Kier molecular flexibility index (Phi) is 5.24. The van der Waals surface area contributed by atoms with Gasteiger partial charge in [-0.25, -0.2) is 0 Å². The van der Waals surface area contributed by atoms with Crippen molar-refractivity contribution in [2.75, 3.05) is 6.54 Å². The predicted octanol–water partition coefficient (Wildman–Crippen LogP) is 2.91. The third-order valence-corrected chi connectivity index (χ3v) is 4.07. The summed E-state index contributed by atoms with van der Waals surface area (Å²) >= 11 is 0. The minimum absolute atomic E-state index is 0.117. The number of likely N-dealkylation sites (tertiary alicyclic amines) is 1. The summed E-state index contributed by atoms with van der Waals surface area (Å²) in [6.07, 6.45) is 0.694. The second-order valence-corrected chi connectivity index (χ2v) is 7.05. The topological polar surface area (TPSA) is 49.8 Å². The van der Waals surface area contributed by atoms with Gasteiger partial charge in [0.05, 0.1) is 6.10 Å². The van der Waals surface area contributed by atoms with Gasteiger partial charge in [-0.3, -0.25) is 9.69 Å². The maximum absolute atomic E-state index is 12.5. The molecule has 0 amide bonds. The van der Waals surface area contributed by atoms with E-state index in [1.165, 1.54) is 5.56 Å². The first-order valence-corrected chi connectivity index (χ1v) is 7.99. The number of hydrogen-bond donors (Lipinski definition) is 1. The molecule has 1 aromatic carbocycles. The number of rotatable bonds is 3. The lowest BCUT2D eigenvalue weighted by Gasteiger charge is -2.41. The Morgan fingerprint density at radius 1 is 1.32 bits per heavy atom.